The lowest BCUT2D eigenvalue weighted by Gasteiger charge is -2.53. The summed E-state index contributed by atoms with van der Waals surface area (Å²) in [6.45, 7) is -0.250. The summed E-state index contributed by atoms with van der Waals surface area (Å²) in [6.07, 6.45) is 5.37. The van der Waals surface area contributed by atoms with Crippen LogP contribution in [0.25, 0.3) is 0 Å². The Kier molecular flexibility index (Phi) is 4.45. The van der Waals surface area contributed by atoms with E-state index in [1.807, 2.05) is 0 Å². The molecule has 0 N–H and O–H groups in total. The zero-order valence-electron chi connectivity index (χ0n) is 12.9. The summed E-state index contributed by atoms with van der Waals surface area (Å²) in [4.78, 5) is 0. The molecule has 0 unspecified atom stereocenters. The third-order valence-corrected chi connectivity index (χ3v) is 5.69. The molecule has 0 aromatic carbocycles. The highest BCUT2D eigenvalue weighted by molar-refractivity contribution is 4.98. The van der Waals surface area contributed by atoms with Crippen molar-refractivity contribution in [1.82, 2.24) is 0 Å². The third-order valence-electron chi connectivity index (χ3n) is 5.69. The molecule has 0 aromatic rings. The number of halogens is 4. The number of hydrogen-bond acceptors (Lipinski definition) is 2. The summed E-state index contributed by atoms with van der Waals surface area (Å²) >= 11 is 0. The van der Waals surface area contributed by atoms with Gasteiger partial charge >= 0.3 is 11.8 Å². The van der Waals surface area contributed by atoms with Crippen LogP contribution in [0, 0.1) is 23.7 Å². The fourth-order valence-corrected chi connectivity index (χ4v) is 4.75. The van der Waals surface area contributed by atoms with E-state index in [1.54, 1.807) is 0 Å². The predicted molar refractivity (Wildman–Crippen MR) is 72.9 cm³/mol. The highest BCUT2D eigenvalue weighted by Crippen LogP contribution is 2.54. The van der Waals surface area contributed by atoms with Gasteiger partial charge in [0.15, 0.2) is 0 Å². The van der Waals surface area contributed by atoms with Gasteiger partial charge in [-0.25, -0.2) is 8.78 Å². The summed E-state index contributed by atoms with van der Waals surface area (Å²) in [5, 5.41) is 0. The molecule has 0 amide bonds. The number of hydrogen-bond donors (Lipinski definition) is 0. The van der Waals surface area contributed by atoms with Crippen LogP contribution in [-0.4, -0.2) is 31.3 Å². The molecule has 0 saturated heterocycles. The zero-order valence-corrected chi connectivity index (χ0v) is 12.9. The molecule has 4 bridgehead atoms. The number of alkyl halides is 4. The molecule has 4 rings (SSSR count). The molecule has 6 heteroatoms. The van der Waals surface area contributed by atoms with Crippen molar-refractivity contribution in [2.75, 3.05) is 13.4 Å². The predicted octanol–water partition coefficient (Wildman–Crippen LogP) is 4.48. The molecule has 0 heterocycles. The Balaban J connectivity index is 1.38. The SMILES string of the molecule is CC(F)(F)C(F)(F)CCOCOC1C2CC3CC(C2)CC1C3. The molecular weight excluding hydrogens is 300 g/mol. The van der Waals surface area contributed by atoms with E-state index < -0.39 is 24.9 Å². The Bertz CT molecular complexity index is 366. The van der Waals surface area contributed by atoms with Crippen LogP contribution >= 0.6 is 0 Å². The average Bonchev–Trinajstić information content (AvgIpc) is 2.39. The fourth-order valence-electron chi connectivity index (χ4n) is 4.75. The van der Waals surface area contributed by atoms with Gasteiger partial charge < -0.3 is 9.47 Å². The van der Waals surface area contributed by atoms with Crippen LogP contribution in [0.2, 0.25) is 0 Å². The fraction of sp³-hybridized carbons (Fsp3) is 1.00. The van der Waals surface area contributed by atoms with Gasteiger partial charge in [0.1, 0.15) is 6.79 Å². The summed E-state index contributed by atoms with van der Waals surface area (Å²) in [5.41, 5.74) is 0. The molecule has 22 heavy (non-hydrogen) atoms. The van der Waals surface area contributed by atoms with Gasteiger partial charge in [-0.3, -0.25) is 0 Å². The second kappa shape index (κ2) is 5.93. The van der Waals surface area contributed by atoms with Crippen molar-refractivity contribution >= 4 is 0 Å². The summed E-state index contributed by atoms with van der Waals surface area (Å²) in [5.74, 6) is -5.22. The molecule has 4 aliphatic carbocycles. The normalized spacial score (nSPS) is 37.8. The van der Waals surface area contributed by atoms with Gasteiger partial charge in [-0.2, -0.15) is 8.78 Å². The van der Waals surface area contributed by atoms with Crippen LogP contribution in [0.15, 0.2) is 0 Å². The van der Waals surface area contributed by atoms with Gasteiger partial charge in [0, 0.05) is 13.3 Å². The Hall–Kier alpha value is -0.360. The average molecular weight is 324 g/mol. The van der Waals surface area contributed by atoms with Crippen LogP contribution in [0.5, 0.6) is 0 Å². The van der Waals surface area contributed by atoms with E-state index >= 15 is 0 Å². The third kappa shape index (κ3) is 3.28. The maximum atomic E-state index is 13.1. The van der Waals surface area contributed by atoms with Crippen LogP contribution in [0.1, 0.15) is 45.4 Å². The molecule has 4 saturated carbocycles. The lowest BCUT2D eigenvalue weighted by atomic mass is 9.55. The van der Waals surface area contributed by atoms with Crippen molar-refractivity contribution in [3.63, 3.8) is 0 Å². The molecule has 0 aromatic heterocycles. The molecule has 0 spiro atoms. The minimum Gasteiger partial charge on any atom is -0.355 e. The minimum absolute atomic E-state index is 0.0711. The van der Waals surface area contributed by atoms with Gasteiger partial charge in [-0.1, -0.05) is 0 Å². The van der Waals surface area contributed by atoms with Crippen molar-refractivity contribution in [2.45, 2.75) is 63.4 Å². The Morgan fingerprint density at radius 3 is 1.95 bits per heavy atom. The Labute approximate surface area is 128 Å². The Morgan fingerprint density at radius 1 is 0.909 bits per heavy atom. The quantitative estimate of drug-likeness (QED) is 0.390. The van der Waals surface area contributed by atoms with E-state index in [-0.39, 0.29) is 19.8 Å². The highest BCUT2D eigenvalue weighted by atomic mass is 19.3. The molecule has 2 nitrogen and oxygen atoms in total. The van der Waals surface area contributed by atoms with Gasteiger partial charge in [-0.05, 0) is 55.8 Å². The number of ether oxygens (including phenoxy) is 2. The first-order valence-electron chi connectivity index (χ1n) is 8.21. The van der Waals surface area contributed by atoms with Gasteiger partial charge in [-0.15, -0.1) is 0 Å². The van der Waals surface area contributed by atoms with Crippen LogP contribution < -0.4 is 0 Å². The van der Waals surface area contributed by atoms with E-state index in [4.69, 9.17) is 9.47 Å². The first kappa shape index (κ1) is 16.5. The van der Waals surface area contributed by atoms with E-state index in [9.17, 15) is 17.6 Å². The first-order valence-corrected chi connectivity index (χ1v) is 8.21. The maximum absolute atomic E-state index is 13.1. The second-order valence-electron chi connectivity index (χ2n) is 7.43. The summed E-state index contributed by atoms with van der Waals surface area (Å²) in [7, 11) is 0. The van der Waals surface area contributed by atoms with E-state index in [0.717, 1.165) is 11.8 Å². The smallest absolute Gasteiger partial charge is 0.312 e. The maximum Gasteiger partial charge on any atom is 0.312 e. The molecule has 0 atom stereocenters. The molecule has 4 aliphatic rings. The lowest BCUT2D eigenvalue weighted by molar-refractivity contribution is -0.216. The first-order chi connectivity index (χ1) is 10.3. The lowest BCUT2D eigenvalue weighted by Crippen LogP contribution is -2.49. The topological polar surface area (TPSA) is 18.5 Å². The Morgan fingerprint density at radius 2 is 1.45 bits per heavy atom. The molecule has 0 radical (unpaired) electrons. The van der Waals surface area contributed by atoms with E-state index in [0.29, 0.717) is 11.8 Å². The van der Waals surface area contributed by atoms with Crippen molar-refractivity contribution in [3.8, 4) is 0 Å². The van der Waals surface area contributed by atoms with Gasteiger partial charge in [0.2, 0.25) is 0 Å². The van der Waals surface area contributed by atoms with Crippen LogP contribution in [-0.2, 0) is 9.47 Å². The summed E-state index contributed by atoms with van der Waals surface area (Å²) < 4.78 is 62.3. The minimum atomic E-state index is -4.03. The molecule has 128 valence electrons. The molecule has 0 aliphatic heterocycles. The van der Waals surface area contributed by atoms with Crippen LogP contribution in [0.4, 0.5) is 17.6 Å². The van der Waals surface area contributed by atoms with E-state index in [1.165, 1.54) is 32.1 Å². The van der Waals surface area contributed by atoms with Crippen LogP contribution in [0.3, 0.4) is 0 Å². The van der Waals surface area contributed by atoms with E-state index in [2.05, 4.69) is 0 Å². The highest BCUT2D eigenvalue weighted by Gasteiger charge is 2.51. The van der Waals surface area contributed by atoms with Gasteiger partial charge in [0.05, 0.1) is 12.7 Å². The summed E-state index contributed by atoms with van der Waals surface area (Å²) in [6, 6.07) is 0. The second-order valence-corrected chi connectivity index (χ2v) is 7.43. The number of rotatable bonds is 7. The largest absolute Gasteiger partial charge is 0.355 e. The van der Waals surface area contributed by atoms with Gasteiger partial charge in [0.25, 0.3) is 0 Å². The van der Waals surface area contributed by atoms with Crippen molar-refractivity contribution < 1.29 is 27.0 Å². The standard InChI is InChI=1S/C16H24F4O2/c1-15(17,18)16(19,20)2-3-21-9-22-14-12-5-10-4-11(7-12)8-13(14)6-10/h10-14H,2-9H2,1H3. The van der Waals surface area contributed by atoms with Crippen molar-refractivity contribution in [2.24, 2.45) is 23.7 Å². The van der Waals surface area contributed by atoms with Crippen molar-refractivity contribution in [1.29, 1.82) is 0 Å². The monoisotopic (exact) mass is 324 g/mol. The molecular formula is C16H24F4O2. The molecule has 4 fully saturated rings. The van der Waals surface area contributed by atoms with Crippen molar-refractivity contribution in [3.05, 3.63) is 0 Å². The zero-order chi connectivity index (χ0) is 16.0.